The van der Waals surface area contributed by atoms with E-state index in [1.165, 1.54) is 19.8 Å². The predicted octanol–water partition coefficient (Wildman–Crippen LogP) is 2.83. The molecule has 3 N–H and O–H groups in total. The van der Waals surface area contributed by atoms with Gasteiger partial charge in [0.2, 0.25) is 0 Å². The first-order chi connectivity index (χ1) is 9.26. The highest BCUT2D eigenvalue weighted by Gasteiger charge is 2.14. The van der Waals surface area contributed by atoms with Crippen LogP contribution in [0, 0.1) is 0 Å². The van der Waals surface area contributed by atoms with E-state index in [9.17, 15) is 0 Å². The van der Waals surface area contributed by atoms with E-state index in [-0.39, 0.29) is 6.04 Å². The zero-order valence-electron chi connectivity index (χ0n) is 10.7. The topological polar surface area (TPSA) is 55.9 Å². The van der Waals surface area contributed by atoms with E-state index < -0.39 is 0 Å². The Balaban J connectivity index is 1.71. The van der Waals surface area contributed by atoms with Gasteiger partial charge in [0.25, 0.3) is 0 Å². The van der Waals surface area contributed by atoms with E-state index in [1.807, 2.05) is 29.3 Å². The first-order valence-electron chi connectivity index (χ1n) is 6.17. The average molecular weight is 292 g/mol. The molecule has 3 aromatic heterocycles. The third-order valence-corrected chi connectivity index (χ3v) is 5.39. The van der Waals surface area contributed by atoms with Gasteiger partial charge in [0.15, 0.2) is 0 Å². The second-order valence-corrected chi connectivity index (χ2v) is 6.64. The fourth-order valence-corrected chi connectivity index (χ4v) is 4.39. The molecule has 0 saturated heterocycles. The summed E-state index contributed by atoms with van der Waals surface area (Å²) < 4.78 is 4.53. The summed E-state index contributed by atoms with van der Waals surface area (Å²) >= 11 is 3.61. The minimum Gasteiger partial charge on any atom is -0.276 e. The Hall–Kier alpha value is -1.21. The zero-order chi connectivity index (χ0) is 13.2. The highest BCUT2D eigenvalue weighted by atomic mass is 32.1. The molecule has 19 heavy (non-hydrogen) atoms. The number of aryl methyl sites for hydroxylation is 2. The molecular weight excluding hydrogens is 276 g/mol. The third kappa shape index (κ3) is 2.71. The van der Waals surface area contributed by atoms with Gasteiger partial charge >= 0.3 is 0 Å². The van der Waals surface area contributed by atoms with Crippen molar-refractivity contribution in [2.75, 3.05) is 0 Å². The van der Waals surface area contributed by atoms with E-state index in [4.69, 9.17) is 5.84 Å². The van der Waals surface area contributed by atoms with Gasteiger partial charge in [-0.2, -0.15) is 5.10 Å². The van der Waals surface area contributed by atoms with Crippen molar-refractivity contribution in [1.82, 2.24) is 15.2 Å². The van der Waals surface area contributed by atoms with E-state index in [1.54, 1.807) is 11.3 Å². The molecule has 0 radical (unpaired) electrons. The van der Waals surface area contributed by atoms with Crippen LogP contribution in [-0.4, -0.2) is 9.78 Å². The summed E-state index contributed by atoms with van der Waals surface area (Å²) in [6.45, 7) is 0. The van der Waals surface area contributed by atoms with Gasteiger partial charge in [-0.1, -0.05) is 0 Å². The van der Waals surface area contributed by atoms with Crippen molar-refractivity contribution in [3.05, 3.63) is 40.3 Å². The van der Waals surface area contributed by atoms with Crippen molar-refractivity contribution < 1.29 is 0 Å². The molecular formula is C13H16N4S2. The number of fused-ring (bicyclic) bond motifs is 1. The van der Waals surface area contributed by atoms with Crippen LogP contribution in [0.3, 0.4) is 0 Å². The minimum atomic E-state index is 0.213. The summed E-state index contributed by atoms with van der Waals surface area (Å²) in [5, 5.41) is 6.32. The van der Waals surface area contributed by atoms with Gasteiger partial charge in [0.1, 0.15) is 0 Å². The Morgan fingerprint density at radius 3 is 3.05 bits per heavy atom. The Kier molecular flexibility index (Phi) is 3.65. The first-order valence-corrected chi connectivity index (χ1v) is 7.86. The van der Waals surface area contributed by atoms with Crippen LogP contribution >= 0.6 is 22.7 Å². The first kappa shape index (κ1) is 12.8. The monoisotopic (exact) mass is 292 g/mol. The maximum Gasteiger partial charge on any atom is 0.0557 e. The molecule has 0 aromatic carbocycles. The molecule has 0 aliphatic rings. The number of nitrogens with one attached hydrogen (secondary N) is 1. The lowest BCUT2D eigenvalue weighted by molar-refractivity contribution is 0.524. The van der Waals surface area contributed by atoms with Crippen LogP contribution in [0.1, 0.15) is 22.9 Å². The maximum absolute atomic E-state index is 5.70. The normalized spacial score (nSPS) is 13.2. The van der Waals surface area contributed by atoms with Crippen LogP contribution in [0.2, 0.25) is 0 Å². The lowest BCUT2D eigenvalue weighted by Crippen LogP contribution is -2.27. The summed E-state index contributed by atoms with van der Waals surface area (Å²) in [5.41, 5.74) is 4.19. The molecule has 0 amide bonds. The van der Waals surface area contributed by atoms with Gasteiger partial charge in [-0.25, -0.2) is 0 Å². The van der Waals surface area contributed by atoms with Crippen LogP contribution in [0.5, 0.6) is 0 Å². The number of rotatable bonds is 5. The molecule has 0 fully saturated rings. The van der Waals surface area contributed by atoms with E-state index >= 15 is 0 Å². The van der Waals surface area contributed by atoms with Gasteiger partial charge in [0, 0.05) is 27.5 Å². The molecule has 0 spiro atoms. The van der Waals surface area contributed by atoms with E-state index in [0.717, 1.165) is 12.8 Å². The number of nitrogens with zero attached hydrogens (tertiary/aromatic N) is 2. The average Bonchev–Trinajstić information content (AvgIpc) is 3.05. The minimum absolute atomic E-state index is 0.213. The fourth-order valence-electron chi connectivity index (χ4n) is 2.18. The molecule has 6 heteroatoms. The number of hydrazine groups is 1. The lowest BCUT2D eigenvalue weighted by Gasteiger charge is -2.13. The summed E-state index contributed by atoms with van der Waals surface area (Å²) in [5.74, 6) is 5.70. The van der Waals surface area contributed by atoms with Crippen molar-refractivity contribution >= 4 is 32.1 Å². The maximum atomic E-state index is 5.70. The van der Waals surface area contributed by atoms with Crippen LogP contribution in [0.15, 0.2) is 29.9 Å². The largest absolute Gasteiger partial charge is 0.276 e. The van der Waals surface area contributed by atoms with Gasteiger partial charge in [-0.15, -0.1) is 22.7 Å². The molecule has 1 atom stereocenters. The smallest absolute Gasteiger partial charge is 0.0557 e. The molecule has 4 nitrogen and oxygen atoms in total. The quantitative estimate of drug-likeness (QED) is 0.561. The second-order valence-electron chi connectivity index (χ2n) is 4.58. The summed E-state index contributed by atoms with van der Waals surface area (Å²) in [7, 11) is 1.94. The molecule has 0 aliphatic heterocycles. The lowest BCUT2D eigenvalue weighted by atomic mass is 10.1. The van der Waals surface area contributed by atoms with Gasteiger partial charge < -0.3 is 0 Å². The Morgan fingerprint density at radius 1 is 1.47 bits per heavy atom. The predicted molar refractivity (Wildman–Crippen MR) is 81.3 cm³/mol. The third-order valence-electron chi connectivity index (χ3n) is 3.18. The van der Waals surface area contributed by atoms with Crippen LogP contribution in [-0.2, 0) is 13.5 Å². The Labute approximate surface area is 119 Å². The standard InChI is InChI=1S/C13H16N4S2/c1-17-8-9(7-15-17)2-3-10(16-14)12-6-13-11(19-12)4-5-18-13/h4-8,10,16H,2-3,14H2,1H3. The van der Waals surface area contributed by atoms with Gasteiger partial charge in [0.05, 0.1) is 12.2 Å². The van der Waals surface area contributed by atoms with E-state index in [2.05, 4.69) is 34.2 Å². The van der Waals surface area contributed by atoms with Gasteiger partial charge in [-0.3, -0.25) is 16.0 Å². The molecule has 3 rings (SSSR count). The van der Waals surface area contributed by atoms with Crippen LogP contribution in [0.4, 0.5) is 0 Å². The molecule has 100 valence electrons. The molecule has 0 aliphatic carbocycles. The SMILES string of the molecule is Cn1cc(CCC(NN)c2cc3sccc3s2)cn1. The van der Waals surface area contributed by atoms with Crippen LogP contribution in [0.25, 0.3) is 9.40 Å². The summed E-state index contributed by atoms with van der Waals surface area (Å²) in [4.78, 5) is 1.31. The van der Waals surface area contributed by atoms with E-state index in [0.29, 0.717) is 0 Å². The van der Waals surface area contributed by atoms with Gasteiger partial charge in [-0.05, 0) is 35.9 Å². The number of thiophene rings is 2. The highest BCUT2D eigenvalue weighted by Crippen LogP contribution is 2.34. The zero-order valence-corrected chi connectivity index (χ0v) is 12.3. The molecule has 3 heterocycles. The number of nitrogens with two attached hydrogens (primary N) is 1. The molecule has 0 saturated carbocycles. The second kappa shape index (κ2) is 5.42. The van der Waals surface area contributed by atoms with Crippen molar-refractivity contribution in [1.29, 1.82) is 0 Å². The fraction of sp³-hybridized carbons (Fsp3) is 0.308. The van der Waals surface area contributed by atoms with Crippen LogP contribution < -0.4 is 11.3 Å². The number of hydrogen-bond acceptors (Lipinski definition) is 5. The highest BCUT2D eigenvalue weighted by molar-refractivity contribution is 7.26. The number of aromatic nitrogens is 2. The Bertz CT molecular complexity index is 638. The number of hydrogen-bond donors (Lipinski definition) is 2. The Morgan fingerprint density at radius 2 is 2.37 bits per heavy atom. The van der Waals surface area contributed by atoms with Crippen molar-refractivity contribution in [3.63, 3.8) is 0 Å². The van der Waals surface area contributed by atoms with Crippen molar-refractivity contribution in [2.24, 2.45) is 12.9 Å². The summed E-state index contributed by atoms with van der Waals surface area (Å²) in [6.07, 6.45) is 5.94. The molecule has 0 bridgehead atoms. The summed E-state index contributed by atoms with van der Waals surface area (Å²) in [6, 6.07) is 4.63. The molecule has 1 unspecified atom stereocenters. The molecule has 3 aromatic rings. The van der Waals surface area contributed by atoms with Crippen molar-refractivity contribution in [3.8, 4) is 0 Å². The van der Waals surface area contributed by atoms with Crippen molar-refractivity contribution in [2.45, 2.75) is 18.9 Å².